The summed E-state index contributed by atoms with van der Waals surface area (Å²) in [7, 11) is -6.33. The van der Waals surface area contributed by atoms with E-state index < -0.39 is 27.2 Å². The molecule has 0 amide bonds. The predicted molar refractivity (Wildman–Crippen MR) is 66.0 cm³/mol. The highest BCUT2D eigenvalue weighted by Crippen LogP contribution is 2.40. The lowest BCUT2D eigenvalue weighted by atomic mass is 10.1. The van der Waals surface area contributed by atoms with Crippen LogP contribution in [-0.2, 0) is 10.1 Å². The lowest BCUT2D eigenvalue weighted by Crippen LogP contribution is -2.50. The SMILES string of the molecule is O=S(=O)(O)C(F)(F)C(F)(F)Oc1ccc2ccccc2c1. The minimum absolute atomic E-state index is 0.431. The summed E-state index contributed by atoms with van der Waals surface area (Å²) in [5.74, 6) is -0.665. The Morgan fingerprint density at radius 2 is 1.52 bits per heavy atom. The van der Waals surface area contributed by atoms with E-state index in [4.69, 9.17) is 4.55 Å². The first-order chi connectivity index (χ1) is 9.54. The molecule has 114 valence electrons. The van der Waals surface area contributed by atoms with Crippen LogP contribution < -0.4 is 4.74 Å². The minimum Gasteiger partial charge on any atom is -0.427 e. The molecule has 1 N–H and O–H groups in total. The van der Waals surface area contributed by atoms with Crippen LogP contribution in [0.5, 0.6) is 5.75 Å². The molecule has 2 rings (SSSR count). The average Bonchev–Trinajstić information content (AvgIpc) is 2.36. The van der Waals surface area contributed by atoms with Gasteiger partial charge in [-0.1, -0.05) is 30.3 Å². The number of fused-ring (bicyclic) bond motifs is 1. The standard InChI is InChI=1S/C12H8F4O4S/c13-11(14,12(15,16)21(17,18)19)20-10-6-5-8-3-1-2-4-9(8)7-10/h1-7H,(H,17,18,19). The maximum atomic E-state index is 13.3. The summed E-state index contributed by atoms with van der Waals surface area (Å²) in [6, 6.07) is 9.83. The van der Waals surface area contributed by atoms with Crippen LogP contribution in [0, 0.1) is 0 Å². The van der Waals surface area contributed by atoms with E-state index in [-0.39, 0.29) is 0 Å². The first-order valence-corrected chi connectivity index (χ1v) is 6.89. The van der Waals surface area contributed by atoms with Crippen molar-refractivity contribution in [2.24, 2.45) is 0 Å². The zero-order valence-electron chi connectivity index (χ0n) is 10.1. The van der Waals surface area contributed by atoms with Gasteiger partial charge in [-0.05, 0) is 22.9 Å². The monoisotopic (exact) mass is 324 g/mol. The first kappa shape index (κ1) is 15.5. The van der Waals surface area contributed by atoms with Crippen molar-refractivity contribution < 1.29 is 35.3 Å². The van der Waals surface area contributed by atoms with Crippen LogP contribution >= 0.6 is 0 Å². The number of halogens is 4. The zero-order valence-corrected chi connectivity index (χ0v) is 11.0. The molecule has 0 atom stereocenters. The van der Waals surface area contributed by atoms with Crippen LogP contribution in [0.3, 0.4) is 0 Å². The number of ether oxygens (including phenoxy) is 1. The Balaban J connectivity index is 2.38. The zero-order chi connectivity index (χ0) is 15.9. The fraction of sp³-hybridized carbons (Fsp3) is 0.167. The normalized spacial score (nSPS) is 13.4. The van der Waals surface area contributed by atoms with Gasteiger partial charge in [-0.25, -0.2) is 0 Å². The molecular weight excluding hydrogens is 316 g/mol. The van der Waals surface area contributed by atoms with Gasteiger partial charge in [0.15, 0.2) is 0 Å². The molecule has 0 spiro atoms. The van der Waals surface area contributed by atoms with Gasteiger partial charge in [-0.15, -0.1) is 0 Å². The van der Waals surface area contributed by atoms with E-state index in [0.717, 1.165) is 12.1 Å². The lowest BCUT2D eigenvalue weighted by Gasteiger charge is -2.23. The Kier molecular flexibility index (Phi) is 3.58. The van der Waals surface area contributed by atoms with E-state index in [2.05, 4.69) is 4.74 Å². The van der Waals surface area contributed by atoms with Crippen molar-refractivity contribution in [3.8, 4) is 5.75 Å². The molecule has 0 aliphatic carbocycles. The molecule has 4 nitrogen and oxygen atoms in total. The number of hydrogen-bond donors (Lipinski definition) is 1. The molecule has 0 saturated carbocycles. The molecule has 21 heavy (non-hydrogen) atoms. The van der Waals surface area contributed by atoms with Crippen molar-refractivity contribution in [3.05, 3.63) is 42.5 Å². The van der Waals surface area contributed by atoms with Gasteiger partial charge in [0.1, 0.15) is 5.75 Å². The van der Waals surface area contributed by atoms with Gasteiger partial charge in [0.25, 0.3) is 0 Å². The Bertz CT molecular complexity index is 774. The van der Waals surface area contributed by atoms with Crippen LogP contribution in [-0.4, -0.2) is 24.3 Å². The van der Waals surface area contributed by atoms with Gasteiger partial charge in [0, 0.05) is 0 Å². The van der Waals surface area contributed by atoms with Gasteiger partial charge >= 0.3 is 21.5 Å². The highest BCUT2D eigenvalue weighted by Gasteiger charge is 2.69. The van der Waals surface area contributed by atoms with Crippen LogP contribution in [0.25, 0.3) is 10.8 Å². The number of benzene rings is 2. The largest absolute Gasteiger partial charge is 0.483 e. The molecule has 0 aliphatic heterocycles. The van der Waals surface area contributed by atoms with Crippen molar-refractivity contribution >= 4 is 20.9 Å². The number of alkyl halides is 4. The van der Waals surface area contributed by atoms with Crippen molar-refractivity contribution in [1.82, 2.24) is 0 Å². The van der Waals surface area contributed by atoms with Gasteiger partial charge < -0.3 is 4.74 Å². The molecule has 9 heteroatoms. The Morgan fingerprint density at radius 1 is 0.952 bits per heavy atom. The number of rotatable bonds is 4. The lowest BCUT2D eigenvalue weighted by molar-refractivity contribution is -0.274. The molecule has 0 bridgehead atoms. The summed E-state index contributed by atoms with van der Waals surface area (Å²) in [6.45, 7) is 0. The second-order valence-corrected chi connectivity index (χ2v) is 5.58. The van der Waals surface area contributed by atoms with Crippen molar-refractivity contribution in [2.75, 3.05) is 0 Å². The van der Waals surface area contributed by atoms with E-state index >= 15 is 0 Å². The molecule has 0 radical (unpaired) electrons. The smallest absolute Gasteiger partial charge is 0.427 e. The van der Waals surface area contributed by atoms with Gasteiger partial charge in [0.05, 0.1) is 0 Å². The molecule has 0 unspecified atom stereocenters. The maximum absolute atomic E-state index is 13.3. The molecule has 2 aromatic rings. The van der Waals surface area contributed by atoms with Gasteiger partial charge in [0.2, 0.25) is 0 Å². The minimum atomic E-state index is -6.33. The quantitative estimate of drug-likeness (QED) is 0.692. The second kappa shape index (κ2) is 4.85. The average molecular weight is 324 g/mol. The van der Waals surface area contributed by atoms with Crippen molar-refractivity contribution in [2.45, 2.75) is 11.4 Å². The van der Waals surface area contributed by atoms with Crippen LogP contribution in [0.2, 0.25) is 0 Å². The highest BCUT2D eigenvalue weighted by atomic mass is 32.2. The molecule has 2 aromatic carbocycles. The molecule has 0 aromatic heterocycles. The summed E-state index contributed by atoms with van der Waals surface area (Å²) >= 11 is 0. The van der Waals surface area contributed by atoms with Crippen LogP contribution in [0.4, 0.5) is 17.6 Å². The second-order valence-electron chi connectivity index (χ2n) is 4.12. The molecule has 0 saturated heterocycles. The Morgan fingerprint density at radius 3 is 2.10 bits per heavy atom. The van der Waals surface area contributed by atoms with Crippen molar-refractivity contribution in [3.63, 3.8) is 0 Å². The summed E-state index contributed by atoms with van der Waals surface area (Å²) in [4.78, 5) is 0. The number of hydrogen-bond acceptors (Lipinski definition) is 3. The van der Waals surface area contributed by atoms with E-state index in [0.29, 0.717) is 10.8 Å². The third-order valence-corrected chi connectivity index (χ3v) is 3.52. The maximum Gasteiger partial charge on any atom is 0.483 e. The van der Waals surface area contributed by atoms with E-state index in [1.807, 2.05) is 0 Å². The summed E-state index contributed by atoms with van der Waals surface area (Å²) in [5.41, 5.74) is 0. The fourth-order valence-corrected chi connectivity index (χ4v) is 1.93. The third kappa shape index (κ3) is 2.79. The fourth-order valence-electron chi connectivity index (χ4n) is 1.59. The summed E-state index contributed by atoms with van der Waals surface area (Å²) in [5, 5.41) is -4.69. The van der Waals surface area contributed by atoms with Gasteiger partial charge in [-0.3, -0.25) is 4.55 Å². The molecule has 0 aliphatic rings. The van der Waals surface area contributed by atoms with Crippen LogP contribution in [0.1, 0.15) is 0 Å². The predicted octanol–water partition coefficient (Wildman–Crippen LogP) is 3.29. The van der Waals surface area contributed by atoms with E-state index in [1.165, 1.54) is 12.1 Å². The summed E-state index contributed by atoms with van der Waals surface area (Å²) < 4.78 is 85.2. The van der Waals surface area contributed by atoms with E-state index in [9.17, 15) is 26.0 Å². The van der Waals surface area contributed by atoms with E-state index in [1.54, 1.807) is 18.2 Å². The molecular formula is C12H8F4O4S. The summed E-state index contributed by atoms with van der Waals surface area (Å²) in [6.07, 6.45) is -5.43. The Labute approximate surface area is 116 Å². The third-order valence-electron chi connectivity index (χ3n) is 2.63. The molecule has 0 heterocycles. The van der Waals surface area contributed by atoms with Crippen LogP contribution in [0.15, 0.2) is 42.5 Å². The highest BCUT2D eigenvalue weighted by molar-refractivity contribution is 7.86. The Hall–Kier alpha value is -1.87. The molecule has 0 fully saturated rings. The van der Waals surface area contributed by atoms with Crippen molar-refractivity contribution in [1.29, 1.82) is 0 Å². The first-order valence-electron chi connectivity index (χ1n) is 5.45. The topological polar surface area (TPSA) is 63.6 Å². The van der Waals surface area contributed by atoms with Gasteiger partial charge in [-0.2, -0.15) is 26.0 Å².